The first kappa shape index (κ1) is 19.3. The Hall–Kier alpha value is -2.47. The second kappa shape index (κ2) is 8.05. The Bertz CT molecular complexity index is 808. The van der Waals surface area contributed by atoms with Crippen LogP contribution in [0.3, 0.4) is 0 Å². The van der Waals surface area contributed by atoms with E-state index in [-0.39, 0.29) is 6.10 Å². The molecule has 0 radical (unpaired) electrons. The number of nitrogens with two attached hydrogens (primary N) is 1. The molecule has 27 heavy (non-hydrogen) atoms. The first-order valence-corrected chi connectivity index (χ1v) is 9.56. The van der Waals surface area contributed by atoms with Crippen molar-refractivity contribution in [3.63, 3.8) is 0 Å². The second-order valence-corrected chi connectivity index (χ2v) is 7.55. The van der Waals surface area contributed by atoms with Crippen molar-refractivity contribution in [1.29, 1.82) is 5.41 Å². The summed E-state index contributed by atoms with van der Waals surface area (Å²) < 4.78 is 6.24. The molecule has 144 valence electrons. The summed E-state index contributed by atoms with van der Waals surface area (Å²) in [5.74, 6) is 1.25. The molecule has 0 bridgehead atoms. The predicted octanol–water partition coefficient (Wildman–Crippen LogP) is 3.67. The molecule has 1 aliphatic heterocycles. The quantitative estimate of drug-likeness (QED) is 0.787. The number of hydrogen-bond donors (Lipinski definition) is 2. The number of benzene rings is 1. The normalized spacial score (nSPS) is 15.9. The first-order valence-electron chi connectivity index (χ1n) is 9.56. The van der Waals surface area contributed by atoms with Gasteiger partial charge in [-0.05, 0) is 40.5 Å². The van der Waals surface area contributed by atoms with Gasteiger partial charge < -0.3 is 20.8 Å². The molecule has 2 aromatic rings. The van der Waals surface area contributed by atoms with Crippen molar-refractivity contribution in [2.45, 2.75) is 52.7 Å². The van der Waals surface area contributed by atoms with Crippen LogP contribution in [0.15, 0.2) is 24.3 Å². The first-order chi connectivity index (χ1) is 12.8. The van der Waals surface area contributed by atoms with Gasteiger partial charge in [0.25, 0.3) is 0 Å². The van der Waals surface area contributed by atoms with E-state index in [9.17, 15) is 0 Å². The Morgan fingerprint density at radius 3 is 2.37 bits per heavy atom. The van der Waals surface area contributed by atoms with E-state index in [1.165, 1.54) is 5.56 Å². The zero-order valence-corrected chi connectivity index (χ0v) is 16.6. The van der Waals surface area contributed by atoms with Gasteiger partial charge in [0, 0.05) is 30.4 Å². The summed E-state index contributed by atoms with van der Waals surface area (Å²) in [6.07, 6.45) is 1.97. The number of anilines is 1. The maximum atomic E-state index is 8.08. The van der Waals surface area contributed by atoms with E-state index in [4.69, 9.17) is 15.9 Å². The number of nitrogens with one attached hydrogen (secondary N) is 1. The number of nitrogens with zero attached hydrogens (tertiary/aromatic N) is 3. The Labute approximate surface area is 161 Å². The number of likely N-dealkylation sites (tertiary alicyclic amines) is 1. The highest BCUT2D eigenvalue weighted by Crippen LogP contribution is 2.29. The lowest BCUT2D eigenvalue weighted by Gasteiger charge is -2.34. The third kappa shape index (κ3) is 4.45. The summed E-state index contributed by atoms with van der Waals surface area (Å²) in [6.45, 7) is 10.2. The van der Waals surface area contributed by atoms with Crippen molar-refractivity contribution in [3.05, 3.63) is 35.4 Å². The fraction of sp³-hybridized carbons (Fsp3) is 0.476. The van der Waals surface area contributed by atoms with Crippen LogP contribution in [0.5, 0.6) is 5.88 Å². The van der Waals surface area contributed by atoms with Crippen LogP contribution in [0.4, 0.5) is 5.82 Å². The van der Waals surface area contributed by atoms with Crippen molar-refractivity contribution in [1.82, 2.24) is 14.9 Å². The summed E-state index contributed by atoms with van der Waals surface area (Å²) in [7, 11) is 0. The molecule has 0 amide bonds. The molecule has 3 N–H and O–H groups in total. The lowest BCUT2D eigenvalue weighted by Crippen LogP contribution is -2.42. The topological polar surface area (TPSA) is 88.1 Å². The summed E-state index contributed by atoms with van der Waals surface area (Å²) in [6, 6.07) is 8.55. The fourth-order valence-electron chi connectivity index (χ4n) is 3.39. The molecule has 1 aliphatic rings. The molecule has 6 heteroatoms. The molecular formula is C21H29N5O. The maximum Gasteiger partial charge on any atom is 0.228 e. The third-order valence-corrected chi connectivity index (χ3v) is 5.07. The van der Waals surface area contributed by atoms with Gasteiger partial charge in [0.15, 0.2) is 5.82 Å². The largest absolute Gasteiger partial charge is 0.474 e. The van der Waals surface area contributed by atoms with Crippen LogP contribution in [0.2, 0.25) is 0 Å². The van der Waals surface area contributed by atoms with Gasteiger partial charge in [-0.1, -0.05) is 29.8 Å². The molecule has 6 nitrogen and oxygen atoms in total. The molecular weight excluding hydrogens is 338 g/mol. The van der Waals surface area contributed by atoms with Crippen LogP contribution in [0, 0.1) is 12.3 Å². The zero-order chi connectivity index (χ0) is 19.6. The van der Waals surface area contributed by atoms with Crippen LogP contribution in [-0.2, 0) is 0 Å². The molecule has 1 fully saturated rings. The SMILES string of the molecule is CC(=N)c1c(N)nc(-c2ccc(C)cc2)nc1OC1CCN(C(C)C)CC1. The molecule has 2 heterocycles. The van der Waals surface area contributed by atoms with Crippen LogP contribution >= 0.6 is 0 Å². The number of piperidine rings is 1. The lowest BCUT2D eigenvalue weighted by molar-refractivity contribution is 0.0812. The molecule has 0 atom stereocenters. The van der Waals surface area contributed by atoms with Crippen molar-refractivity contribution in [2.75, 3.05) is 18.8 Å². The minimum absolute atomic E-state index is 0.0817. The van der Waals surface area contributed by atoms with E-state index < -0.39 is 0 Å². The molecule has 1 aromatic heterocycles. The standard InChI is InChI=1S/C21H29N5O/c1-13(2)26-11-9-17(10-12-26)27-21-18(15(4)22)19(23)24-20(25-21)16-7-5-14(3)6-8-16/h5-8,13,17,22H,9-12H2,1-4H3,(H2,23,24,25). The van der Waals surface area contributed by atoms with Gasteiger partial charge >= 0.3 is 0 Å². The molecule has 0 saturated carbocycles. The Kier molecular flexibility index (Phi) is 5.75. The van der Waals surface area contributed by atoms with Gasteiger partial charge in [-0.15, -0.1) is 0 Å². The fourth-order valence-corrected chi connectivity index (χ4v) is 3.39. The number of aryl methyl sites for hydroxylation is 1. The Morgan fingerprint density at radius 1 is 1.19 bits per heavy atom. The summed E-state index contributed by atoms with van der Waals surface area (Å²) in [5.41, 5.74) is 9.05. The average Bonchev–Trinajstić information content (AvgIpc) is 2.62. The van der Waals surface area contributed by atoms with Crippen molar-refractivity contribution >= 4 is 11.5 Å². The van der Waals surface area contributed by atoms with Gasteiger partial charge in [-0.25, -0.2) is 4.98 Å². The monoisotopic (exact) mass is 367 g/mol. The van der Waals surface area contributed by atoms with Gasteiger partial charge in [0.1, 0.15) is 11.9 Å². The summed E-state index contributed by atoms with van der Waals surface area (Å²) in [4.78, 5) is 11.5. The highest BCUT2D eigenvalue weighted by atomic mass is 16.5. The molecule has 0 spiro atoms. The third-order valence-electron chi connectivity index (χ3n) is 5.07. The average molecular weight is 367 g/mol. The van der Waals surface area contributed by atoms with Gasteiger partial charge in [0.2, 0.25) is 5.88 Å². The van der Waals surface area contributed by atoms with Crippen molar-refractivity contribution < 1.29 is 4.74 Å². The number of ether oxygens (including phenoxy) is 1. The number of hydrogen-bond acceptors (Lipinski definition) is 6. The number of rotatable bonds is 5. The van der Waals surface area contributed by atoms with Crippen LogP contribution in [0.25, 0.3) is 11.4 Å². The van der Waals surface area contributed by atoms with E-state index in [1.54, 1.807) is 6.92 Å². The minimum atomic E-state index is 0.0817. The van der Waals surface area contributed by atoms with Gasteiger partial charge in [-0.3, -0.25) is 0 Å². The lowest BCUT2D eigenvalue weighted by atomic mass is 10.1. The van der Waals surface area contributed by atoms with Crippen LogP contribution in [-0.4, -0.2) is 45.8 Å². The molecule has 0 aliphatic carbocycles. The van der Waals surface area contributed by atoms with Crippen LogP contribution in [0.1, 0.15) is 44.7 Å². The minimum Gasteiger partial charge on any atom is -0.474 e. The zero-order valence-electron chi connectivity index (χ0n) is 16.6. The van der Waals surface area contributed by atoms with E-state index in [0.29, 0.717) is 34.8 Å². The Balaban J connectivity index is 1.88. The van der Waals surface area contributed by atoms with Crippen LogP contribution < -0.4 is 10.5 Å². The number of nitrogen functional groups attached to an aromatic ring is 1. The van der Waals surface area contributed by atoms with E-state index in [1.807, 2.05) is 31.2 Å². The smallest absolute Gasteiger partial charge is 0.228 e. The second-order valence-electron chi connectivity index (χ2n) is 7.55. The maximum absolute atomic E-state index is 8.08. The Morgan fingerprint density at radius 2 is 1.81 bits per heavy atom. The van der Waals surface area contributed by atoms with Gasteiger partial charge in [-0.2, -0.15) is 4.98 Å². The molecule has 1 saturated heterocycles. The predicted molar refractivity (Wildman–Crippen MR) is 109 cm³/mol. The molecule has 1 aromatic carbocycles. The highest BCUT2D eigenvalue weighted by Gasteiger charge is 2.25. The van der Waals surface area contributed by atoms with E-state index in [2.05, 4.69) is 28.7 Å². The van der Waals surface area contributed by atoms with E-state index >= 15 is 0 Å². The summed E-state index contributed by atoms with van der Waals surface area (Å²) in [5, 5.41) is 8.08. The molecule has 3 rings (SSSR count). The molecule has 0 unspecified atom stereocenters. The van der Waals surface area contributed by atoms with Crippen molar-refractivity contribution in [2.24, 2.45) is 0 Å². The number of aromatic nitrogens is 2. The summed E-state index contributed by atoms with van der Waals surface area (Å²) >= 11 is 0. The highest BCUT2D eigenvalue weighted by molar-refractivity contribution is 6.02. The van der Waals surface area contributed by atoms with Crippen molar-refractivity contribution in [3.8, 4) is 17.3 Å². The van der Waals surface area contributed by atoms with Gasteiger partial charge in [0.05, 0.1) is 5.56 Å². The van der Waals surface area contributed by atoms with E-state index in [0.717, 1.165) is 31.5 Å².